The summed E-state index contributed by atoms with van der Waals surface area (Å²) in [7, 11) is 0. The second kappa shape index (κ2) is 10.5. The molecule has 1 aliphatic rings. The van der Waals surface area contributed by atoms with Crippen molar-refractivity contribution < 1.29 is 0 Å². The zero-order valence-corrected chi connectivity index (χ0v) is 22.0. The maximum atomic E-state index is 5.09. The van der Waals surface area contributed by atoms with Crippen LogP contribution in [0.1, 0.15) is 23.6 Å². The Bertz CT molecular complexity index is 1870. The molecule has 0 radical (unpaired) electrons. The highest BCUT2D eigenvalue weighted by Crippen LogP contribution is 2.36. The summed E-state index contributed by atoms with van der Waals surface area (Å²) in [5, 5.41) is 2.54. The maximum Gasteiger partial charge on any atom is 0.160 e. The summed E-state index contributed by atoms with van der Waals surface area (Å²) in [6.07, 6.45) is 11.2. The molecule has 1 atom stereocenters. The van der Waals surface area contributed by atoms with Gasteiger partial charge in [-0.05, 0) is 52.1 Å². The van der Waals surface area contributed by atoms with Crippen molar-refractivity contribution in [2.75, 3.05) is 0 Å². The van der Waals surface area contributed by atoms with Crippen molar-refractivity contribution in [3.63, 3.8) is 0 Å². The smallest absolute Gasteiger partial charge is 0.160 e. The molecular formula is C37H27N3. The highest BCUT2D eigenvalue weighted by atomic mass is 14.9. The van der Waals surface area contributed by atoms with Crippen LogP contribution in [0, 0.1) is 0 Å². The molecule has 0 N–H and O–H groups in total. The van der Waals surface area contributed by atoms with E-state index >= 15 is 0 Å². The second-order valence-electron chi connectivity index (χ2n) is 10.1. The van der Waals surface area contributed by atoms with Gasteiger partial charge in [-0.15, -0.1) is 0 Å². The number of nitrogens with zero attached hydrogens (tertiary/aromatic N) is 3. The van der Waals surface area contributed by atoms with Crippen LogP contribution in [0.3, 0.4) is 0 Å². The van der Waals surface area contributed by atoms with Gasteiger partial charge in [-0.1, -0.05) is 115 Å². The molecule has 0 bridgehead atoms. The van der Waals surface area contributed by atoms with Crippen molar-refractivity contribution in [1.82, 2.24) is 15.0 Å². The summed E-state index contributed by atoms with van der Waals surface area (Å²) < 4.78 is 0. The fourth-order valence-electron chi connectivity index (χ4n) is 5.40. The number of benzene rings is 4. The van der Waals surface area contributed by atoms with Crippen molar-refractivity contribution in [3.05, 3.63) is 157 Å². The largest absolute Gasteiger partial charge is 0.264 e. The number of aromatic nitrogens is 3. The lowest BCUT2D eigenvalue weighted by Gasteiger charge is -2.20. The lowest BCUT2D eigenvalue weighted by atomic mass is 9.86. The van der Waals surface area contributed by atoms with Crippen LogP contribution in [0.5, 0.6) is 0 Å². The van der Waals surface area contributed by atoms with E-state index in [1.54, 1.807) is 6.20 Å². The van der Waals surface area contributed by atoms with E-state index in [4.69, 9.17) is 9.97 Å². The molecule has 2 heterocycles. The van der Waals surface area contributed by atoms with Crippen molar-refractivity contribution in [3.8, 4) is 33.8 Å². The average molecular weight is 514 g/mol. The minimum absolute atomic E-state index is 0.289. The van der Waals surface area contributed by atoms with E-state index in [0.717, 1.165) is 45.9 Å². The first-order valence-corrected chi connectivity index (χ1v) is 13.6. The van der Waals surface area contributed by atoms with Crippen LogP contribution in [0.25, 0.3) is 50.1 Å². The molecule has 1 aliphatic carbocycles. The Hall–Kier alpha value is -5.15. The maximum absolute atomic E-state index is 5.09. The van der Waals surface area contributed by atoms with Gasteiger partial charge in [-0.2, -0.15) is 0 Å². The van der Waals surface area contributed by atoms with Crippen molar-refractivity contribution in [2.45, 2.75) is 12.3 Å². The third-order valence-corrected chi connectivity index (χ3v) is 7.52. The van der Waals surface area contributed by atoms with Gasteiger partial charge >= 0.3 is 0 Å². The first kappa shape index (κ1) is 23.9. The molecule has 40 heavy (non-hydrogen) atoms. The lowest BCUT2D eigenvalue weighted by molar-refractivity contribution is 0.864. The Morgan fingerprint density at radius 1 is 0.575 bits per heavy atom. The molecule has 3 heteroatoms. The Kier molecular flexibility index (Phi) is 6.31. The van der Waals surface area contributed by atoms with E-state index in [9.17, 15) is 0 Å². The van der Waals surface area contributed by atoms with Gasteiger partial charge in [0, 0.05) is 35.0 Å². The molecular weight excluding hydrogens is 486 g/mol. The van der Waals surface area contributed by atoms with E-state index in [0.29, 0.717) is 0 Å². The first-order valence-electron chi connectivity index (χ1n) is 13.6. The predicted octanol–water partition coefficient (Wildman–Crippen LogP) is 9.15. The third-order valence-electron chi connectivity index (χ3n) is 7.52. The Morgan fingerprint density at radius 3 is 2.23 bits per heavy atom. The minimum atomic E-state index is 0.289. The van der Waals surface area contributed by atoms with Gasteiger partial charge in [-0.3, -0.25) is 4.98 Å². The first-order chi connectivity index (χ1) is 19.8. The van der Waals surface area contributed by atoms with Gasteiger partial charge in [-0.25, -0.2) is 9.97 Å². The molecule has 3 nitrogen and oxygen atoms in total. The topological polar surface area (TPSA) is 38.7 Å². The number of hydrogen-bond acceptors (Lipinski definition) is 3. The van der Waals surface area contributed by atoms with Crippen molar-refractivity contribution in [2.24, 2.45) is 0 Å². The van der Waals surface area contributed by atoms with Crippen LogP contribution >= 0.6 is 0 Å². The summed E-state index contributed by atoms with van der Waals surface area (Å²) >= 11 is 0. The number of rotatable bonds is 5. The van der Waals surface area contributed by atoms with E-state index < -0.39 is 0 Å². The Balaban J connectivity index is 1.29. The van der Waals surface area contributed by atoms with Gasteiger partial charge in [0.25, 0.3) is 0 Å². The summed E-state index contributed by atoms with van der Waals surface area (Å²) in [6.45, 7) is 0. The standard InChI is InChI=1S/C37H27N3/c1-2-10-27(11-3-1)37-39-35(24-36(40-37)33-16-7-14-30(23-33)34-17-8-20-38-25-34)32-15-6-13-29(22-32)31-19-18-26-9-4-5-12-28(26)21-31/h1-21,23-25,29H,22H2. The number of allylic oxidation sites excluding steroid dienone is 4. The normalized spacial score (nSPS) is 14.7. The van der Waals surface area contributed by atoms with Crippen LogP contribution in [0.4, 0.5) is 0 Å². The number of fused-ring (bicyclic) bond motifs is 1. The average Bonchev–Trinajstić information content (AvgIpc) is 3.05. The van der Waals surface area contributed by atoms with Gasteiger partial charge in [0.2, 0.25) is 0 Å². The summed E-state index contributed by atoms with van der Waals surface area (Å²) in [6, 6.07) is 40.3. The molecule has 0 amide bonds. The van der Waals surface area contributed by atoms with Gasteiger partial charge in [0.15, 0.2) is 5.82 Å². The van der Waals surface area contributed by atoms with Crippen LogP contribution in [-0.2, 0) is 0 Å². The molecule has 2 aromatic heterocycles. The highest BCUT2D eigenvalue weighted by molar-refractivity contribution is 5.83. The molecule has 190 valence electrons. The fourth-order valence-corrected chi connectivity index (χ4v) is 5.40. The molecule has 0 fully saturated rings. The fraction of sp³-hybridized carbons (Fsp3) is 0.0541. The predicted molar refractivity (Wildman–Crippen MR) is 165 cm³/mol. The van der Waals surface area contributed by atoms with E-state index in [1.165, 1.54) is 21.9 Å². The highest BCUT2D eigenvalue weighted by Gasteiger charge is 2.19. The minimum Gasteiger partial charge on any atom is -0.264 e. The molecule has 0 spiro atoms. The Morgan fingerprint density at radius 2 is 1.35 bits per heavy atom. The van der Waals surface area contributed by atoms with E-state index in [2.05, 4.69) is 114 Å². The second-order valence-corrected chi connectivity index (χ2v) is 10.1. The van der Waals surface area contributed by atoms with E-state index in [-0.39, 0.29) is 5.92 Å². The van der Waals surface area contributed by atoms with Crippen LogP contribution in [0.15, 0.2) is 146 Å². The lowest BCUT2D eigenvalue weighted by Crippen LogP contribution is -2.04. The van der Waals surface area contributed by atoms with Crippen molar-refractivity contribution >= 4 is 16.3 Å². The summed E-state index contributed by atoms with van der Waals surface area (Å²) in [5.41, 5.74) is 8.67. The number of hydrogen-bond donors (Lipinski definition) is 0. The SMILES string of the molecule is C1=CC(c2ccc3ccccc3c2)CC(c2cc(-c3cccc(-c4cccnc4)c3)nc(-c3ccccc3)n2)=C1. The zero-order chi connectivity index (χ0) is 26.7. The third kappa shape index (κ3) is 4.85. The number of pyridine rings is 1. The van der Waals surface area contributed by atoms with Crippen LogP contribution < -0.4 is 0 Å². The van der Waals surface area contributed by atoms with Crippen LogP contribution in [-0.4, -0.2) is 15.0 Å². The molecule has 0 saturated heterocycles. The monoisotopic (exact) mass is 513 g/mol. The summed E-state index contributed by atoms with van der Waals surface area (Å²) in [5.74, 6) is 1.02. The summed E-state index contributed by atoms with van der Waals surface area (Å²) in [4.78, 5) is 14.4. The zero-order valence-electron chi connectivity index (χ0n) is 22.0. The van der Waals surface area contributed by atoms with Crippen molar-refractivity contribution in [1.29, 1.82) is 0 Å². The quantitative estimate of drug-likeness (QED) is 0.231. The van der Waals surface area contributed by atoms with Gasteiger partial charge in [0.05, 0.1) is 11.4 Å². The molecule has 0 saturated carbocycles. The van der Waals surface area contributed by atoms with E-state index in [1.807, 2.05) is 30.5 Å². The van der Waals surface area contributed by atoms with Gasteiger partial charge < -0.3 is 0 Å². The molecule has 0 aliphatic heterocycles. The van der Waals surface area contributed by atoms with Gasteiger partial charge in [0.1, 0.15) is 0 Å². The Labute approximate surface area is 234 Å². The molecule has 1 unspecified atom stereocenters. The molecule has 6 aromatic rings. The van der Waals surface area contributed by atoms with Crippen LogP contribution in [0.2, 0.25) is 0 Å². The molecule has 4 aromatic carbocycles. The molecule has 7 rings (SSSR count).